The highest BCUT2D eigenvalue weighted by atomic mass is 16.5. The number of piperidine rings is 1. The molecule has 0 spiro atoms. The van der Waals surface area contributed by atoms with Crippen molar-refractivity contribution in [1.82, 2.24) is 29.7 Å². The van der Waals surface area contributed by atoms with Crippen LogP contribution in [0.4, 0.5) is 0 Å². The third kappa shape index (κ3) is 3.50. The summed E-state index contributed by atoms with van der Waals surface area (Å²) in [5.41, 5.74) is 3.40. The number of nitrogens with zero attached hydrogens (tertiary/aromatic N) is 6. The molecule has 0 radical (unpaired) electrons. The molecule has 7 nitrogen and oxygen atoms in total. The van der Waals surface area contributed by atoms with Gasteiger partial charge in [0.25, 0.3) is 0 Å². The summed E-state index contributed by atoms with van der Waals surface area (Å²) in [4.78, 5) is 7.28. The van der Waals surface area contributed by atoms with Crippen molar-refractivity contribution in [3.63, 3.8) is 0 Å². The molecule has 1 aromatic carbocycles. The molecule has 0 atom stereocenters. The Morgan fingerprint density at radius 1 is 0.938 bits per heavy atom. The minimum Gasteiger partial charge on any atom is -0.490 e. The van der Waals surface area contributed by atoms with Gasteiger partial charge in [0.2, 0.25) is 0 Å². The van der Waals surface area contributed by atoms with Crippen LogP contribution in [0.25, 0.3) is 27.8 Å². The summed E-state index contributed by atoms with van der Waals surface area (Å²) in [6.45, 7) is 4.23. The number of aromatic nitrogens is 5. The zero-order valence-corrected chi connectivity index (χ0v) is 18.4. The lowest BCUT2D eigenvalue weighted by Crippen LogP contribution is -2.43. The quantitative estimate of drug-likeness (QED) is 0.479. The number of hydrogen-bond acceptors (Lipinski definition) is 6. The van der Waals surface area contributed by atoms with Gasteiger partial charge in [0.15, 0.2) is 11.5 Å². The molecule has 0 amide bonds. The van der Waals surface area contributed by atoms with Crippen LogP contribution < -0.4 is 4.74 Å². The van der Waals surface area contributed by atoms with E-state index in [1.165, 1.54) is 25.7 Å². The molecule has 2 aliphatic rings. The van der Waals surface area contributed by atoms with Crippen LogP contribution >= 0.6 is 0 Å². The SMILES string of the molecule is Cc1nnc2c3cccnc3c(-c3ccc(OC4CCN(C5CCCC5)CC4)cc3)nn12. The van der Waals surface area contributed by atoms with E-state index >= 15 is 0 Å². The first kappa shape index (κ1) is 19.6. The lowest BCUT2D eigenvalue weighted by Gasteiger charge is -2.36. The Hall–Kier alpha value is -3.06. The molecule has 0 unspecified atom stereocenters. The van der Waals surface area contributed by atoms with Crippen LogP contribution in [-0.4, -0.2) is 54.9 Å². The summed E-state index contributed by atoms with van der Waals surface area (Å²) < 4.78 is 8.13. The van der Waals surface area contributed by atoms with Crippen molar-refractivity contribution in [1.29, 1.82) is 0 Å². The molecule has 4 heterocycles. The maximum absolute atomic E-state index is 6.33. The molecule has 1 aliphatic heterocycles. The maximum atomic E-state index is 6.33. The Morgan fingerprint density at radius 3 is 2.50 bits per heavy atom. The molecule has 6 rings (SSSR count). The number of ether oxygens (including phenoxy) is 1. The highest BCUT2D eigenvalue weighted by Crippen LogP contribution is 2.30. The molecule has 1 saturated carbocycles. The fourth-order valence-corrected chi connectivity index (χ4v) is 5.27. The van der Waals surface area contributed by atoms with E-state index in [2.05, 4.69) is 44.3 Å². The third-order valence-corrected chi connectivity index (χ3v) is 7.02. The fraction of sp³-hybridized carbons (Fsp3) is 0.440. The molecule has 32 heavy (non-hydrogen) atoms. The standard InChI is InChI=1S/C25H28N6O/c1-17-27-28-25-22-7-4-14-26-24(22)23(29-31(17)25)18-8-10-20(11-9-18)32-21-12-15-30(16-13-21)19-5-2-3-6-19/h4,7-11,14,19,21H,2-3,5-6,12-13,15-16H2,1H3. The molecule has 164 valence electrons. The molecule has 3 aromatic heterocycles. The lowest BCUT2D eigenvalue weighted by molar-refractivity contribution is 0.0768. The minimum atomic E-state index is 0.301. The van der Waals surface area contributed by atoms with Crippen LogP contribution in [-0.2, 0) is 0 Å². The van der Waals surface area contributed by atoms with Crippen LogP contribution in [0.2, 0.25) is 0 Å². The van der Waals surface area contributed by atoms with E-state index in [-0.39, 0.29) is 0 Å². The first-order valence-electron chi connectivity index (χ1n) is 11.7. The van der Waals surface area contributed by atoms with Crippen molar-refractivity contribution in [2.24, 2.45) is 0 Å². The second kappa shape index (κ2) is 8.13. The van der Waals surface area contributed by atoms with Crippen molar-refractivity contribution < 1.29 is 4.74 Å². The molecule has 7 heteroatoms. The smallest absolute Gasteiger partial charge is 0.187 e. The van der Waals surface area contributed by atoms with Crippen molar-refractivity contribution in [2.75, 3.05) is 13.1 Å². The molecular formula is C25H28N6O. The van der Waals surface area contributed by atoms with Crippen molar-refractivity contribution in [3.8, 4) is 17.0 Å². The highest BCUT2D eigenvalue weighted by Gasteiger charge is 2.27. The van der Waals surface area contributed by atoms with Crippen molar-refractivity contribution in [2.45, 2.75) is 57.6 Å². The van der Waals surface area contributed by atoms with Gasteiger partial charge in [-0.15, -0.1) is 10.2 Å². The largest absolute Gasteiger partial charge is 0.490 e. The van der Waals surface area contributed by atoms with Gasteiger partial charge in [-0.25, -0.2) is 0 Å². The maximum Gasteiger partial charge on any atom is 0.187 e. The van der Waals surface area contributed by atoms with Gasteiger partial charge >= 0.3 is 0 Å². The summed E-state index contributed by atoms with van der Waals surface area (Å²) in [6, 6.07) is 13.0. The zero-order chi connectivity index (χ0) is 21.5. The molecular weight excluding hydrogens is 400 g/mol. The first-order valence-corrected chi connectivity index (χ1v) is 11.7. The predicted octanol–water partition coefficient (Wildman–Crippen LogP) is 4.43. The van der Waals surface area contributed by atoms with Gasteiger partial charge in [0.1, 0.15) is 23.1 Å². The summed E-state index contributed by atoms with van der Waals surface area (Å²) in [6.07, 6.45) is 9.87. The van der Waals surface area contributed by atoms with Gasteiger partial charge in [0.05, 0.1) is 0 Å². The van der Waals surface area contributed by atoms with E-state index in [0.29, 0.717) is 6.10 Å². The van der Waals surface area contributed by atoms with Crippen LogP contribution in [0.3, 0.4) is 0 Å². The van der Waals surface area contributed by atoms with Gasteiger partial charge in [-0.2, -0.15) is 9.61 Å². The Morgan fingerprint density at radius 2 is 1.72 bits per heavy atom. The van der Waals surface area contributed by atoms with Crippen LogP contribution in [0.15, 0.2) is 42.6 Å². The van der Waals surface area contributed by atoms with E-state index in [1.54, 1.807) is 10.7 Å². The fourth-order valence-electron chi connectivity index (χ4n) is 5.27. The van der Waals surface area contributed by atoms with Crippen LogP contribution in [0.1, 0.15) is 44.3 Å². The average Bonchev–Trinajstić information content (AvgIpc) is 3.50. The molecule has 1 aliphatic carbocycles. The van der Waals surface area contributed by atoms with Gasteiger partial charge in [-0.1, -0.05) is 12.8 Å². The number of hydrogen-bond donors (Lipinski definition) is 0. The van der Waals surface area contributed by atoms with E-state index < -0.39 is 0 Å². The van der Waals surface area contributed by atoms with Crippen LogP contribution in [0.5, 0.6) is 5.75 Å². The van der Waals surface area contributed by atoms with Crippen molar-refractivity contribution >= 4 is 16.6 Å². The number of fused-ring (bicyclic) bond motifs is 3. The van der Waals surface area contributed by atoms with E-state index in [0.717, 1.165) is 71.4 Å². The zero-order valence-electron chi connectivity index (χ0n) is 18.4. The second-order valence-corrected chi connectivity index (χ2v) is 9.05. The predicted molar refractivity (Wildman–Crippen MR) is 124 cm³/mol. The number of benzene rings is 1. The Labute approximate surface area is 187 Å². The highest BCUT2D eigenvalue weighted by molar-refractivity contribution is 5.98. The Kier molecular flexibility index (Phi) is 4.98. The third-order valence-electron chi connectivity index (χ3n) is 7.02. The van der Waals surface area contributed by atoms with Gasteiger partial charge in [-0.3, -0.25) is 4.98 Å². The normalized spacial score (nSPS) is 18.7. The molecule has 4 aromatic rings. The first-order chi connectivity index (χ1) is 15.8. The Balaban J connectivity index is 1.21. The van der Waals surface area contributed by atoms with Gasteiger partial charge < -0.3 is 9.64 Å². The summed E-state index contributed by atoms with van der Waals surface area (Å²) in [5.74, 6) is 1.68. The molecule has 2 fully saturated rings. The number of pyridine rings is 1. The molecule has 0 N–H and O–H groups in total. The minimum absolute atomic E-state index is 0.301. The van der Waals surface area contributed by atoms with Gasteiger partial charge in [0, 0.05) is 36.3 Å². The molecule has 1 saturated heterocycles. The summed E-state index contributed by atoms with van der Waals surface area (Å²) >= 11 is 0. The summed E-state index contributed by atoms with van der Waals surface area (Å²) in [7, 11) is 0. The summed E-state index contributed by atoms with van der Waals surface area (Å²) in [5, 5.41) is 14.2. The molecule has 0 bridgehead atoms. The monoisotopic (exact) mass is 428 g/mol. The topological polar surface area (TPSA) is 68.4 Å². The van der Waals surface area contributed by atoms with Crippen molar-refractivity contribution in [3.05, 3.63) is 48.4 Å². The number of aryl methyl sites for hydroxylation is 1. The average molecular weight is 429 g/mol. The van der Waals surface area contributed by atoms with Crippen LogP contribution in [0, 0.1) is 6.92 Å². The van der Waals surface area contributed by atoms with E-state index in [1.807, 2.05) is 19.1 Å². The van der Waals surface area contributed by atoms with E-state index in [9.17, 15) is 0 Å². The second-order valence-electron chi connectivity index (χ2n) is 9.05. The Bertz CT molecular complexity index is 1240. The van der Waals surface area contributed by atoms with Gasteiger partial charge in [-0.05, 0) is 69.0 Å². The lowest BCUT2D eigenvalue weighted by atomic mass is 10.0. The number of rotatable bonds is 4. The number of likely N-dealkylation sites (tertiary alicyclic amines) is 1. The van der Waals surface area contributed by atoms with E-state index in [4.69, 9.17) is 9.84 Å².